The van der Waals surface area contributed by atoms with Gasteiger partial charge in [0.15, 0.2) is 11.3 Å². The molecule has 0 aliphatic heterocycles. The maximum atomic E-state index is 13.7. The van der Waals surface area contributed by atoms with Crippen molar-refractivity contribution in [3.05, 3.63) is 74.3 Å². The molecule has 0 bridgehead atoms. The second kappa shape index (κ2) is 8.88. The Bertz CT molecular complexity index is 1670. The van der Waals surface area contributed by atoms with E-state index in [9.17, 15) is 14.9 Å². The zero-order valence-electron chi connectivity index (χ0n) is 19.7. The third-order valence-electron chi connectivity index (χ3n) is 6.08. The molecular weight excluding hydrogens is 448 g/mol. The van der Waals surface area contributed by atoms with Gasteiger partial charge in [-0.05, 0) is 45.4 Å². The molecule has 0 radical (unpaired) electrons. The largest absolute Gasteiger partial charge is 0.382 e. The molecule has 178 valence electrons. The lowest BCUT2D eigenvalue weighted by atomic mass is 10.2. The number of aromatic nitrogens is 5. The molecule has 5 rings (SSSR count). The second-order valence-electron chi connectivity index (χ2n) is 8.31. The van der Waals surface area contributed by atoms with Crippen molar-refractivity contribution in [3.63, 3.8) is 0 Å². The molecule has 0 fully saturated rings. The van der Waals surface area contributed by atoms with Gasteiger partial charge in [0.1, 0.15) is 16.7 Å². The first-order valence-corrected chi connectivity index (χ1v) is 11.4. The average Bonchev–Trinajstić information content (AvgIpc) is 3.15. The summed E-state index contributed by atoms with van der Waals surface area (Å²) in [7, 11) is 0. The van der Waals surface area contributed by atoms with Crippen LogP contribution in [-0.2, 0) is 11.3 Å². The molecule has 3 heterocycles. The van der Waals surface area contributed by atoms with E-state index in [0.717, 1.165) is 0 Å². The molecule has 0 atom stereocenters. The van der Waals surface area contributed by atoms with Gasteiger partial charge in [-0.15, -0.1) is 0 Å². The van der Waals surface area contributed by atoms with Crippen LogP contribution in [0.1, 0.15) is 24.7 Å². The fourth-order valence-corrected chi connectivity index (χ4v) is 4.34. The number of fused-ring (bicyclic) bond motifs is 4. The number of ether oxygens (including phenoxy) is 1. The van der Waals surface area contributed by atoms with Gasteiger partial charge in [-0.3, -0.25) is 24.0 Å². The minimum Gasteiger partial charge on any atom is -0.382 e. The zero-order chi connectivity index (χ0) is 24.7. The Morgan fingerprint density at radius 1 is 1.03 bits per heavy atom. The quantitative estimate of drug-likeness (QED) is 0.197. The molecule has 2 aromatic carbocycles. The summed E-state index contributed by atoms with van der Waals surface area (Å²) in [4.78, 5) is 39.3. The van der Waals surface area contributed by atoms with Crippen molar-refractivity contribution in [3.8, 4) is 5.69 Å². The Kier molecular flexibility index (Phi) is 5.73. The van der Waals surface area contributed by atoms with Crippen molar-refractivity contribution in [1.82, 2.24) is 24.1 Å². The Morgan fingerprint density at radius 2 is 1.77 bits per heavy atom. The minimum atomic E-state index is -0.419. The highest BCUT2D eigenvalue weighted by Gasteiger charge is 2.23. The van der Waals surface area contributed by atoms with Gasteiger partial charge in [-0.25, -0.2) is 15.0 Å². The van der Waals surface area contributed by atoms with E-state index in [-0.39, 0.29) is 11.2 Å². The molecule has 0 amide bonds. The molecule has 3 aromatic heterocycles. The second-order valence-corrected chi connectivity index (χ2v) is 8.31. The molecule has 0 aliphatic rings. The van der Waals surface area contributed by atoms with Gasteiger partial charge in [0, 0.05) is 31.4 Å². The van der Waals surface area contributed by atoms with Crippen molar-refractivity contribution < 1.29 is 9.66 Å². The topological polar surface area (TPSA) is 118 Å². The summed E-state index contributed by atoms with van der Waals surface area (Å²) in [5, 5.41) is 12.0. The lowest BCUT2D eigenvalue weighted by Gasteiger charge is -2.11. The number of nitro benzene ring substituents is 1. The minimum absolute atomic E-state index is 0.0211. The van der Waals surface area contributed by atoms with E-state index < -0.39 is 4.92 Å². The highest BCUT2D eigenvalue weighted by molar-refractivity contribution is 6.05. The fraction of sp³-hybridized carbons (Fsp3) is 0.280. The van der Waals surface area contributed by atoms with Gasteiger partial charge in [0.2, 0.25) is 0 Å². The third kappa shape index (κ3) is 3.81. The maximum Gasteiger partial charge on any atom is 0.274 e. The number of hydrogen-bond donors (Lipinski definition) is 0. The molecule has 0 aliphatic carbocycles. The van der Waals surface area contributed by atoms with Crippen LogP contribution in [-0.4, -0.2) is 42.2 Å². The predicted octanol–water partition coefficient (Wildman–Crippen LogP) is 4.24. The van der Waals surface area contributed by atoms with Crippen LogP contribution in [0.4, 0.5) is 5.69 Å². The predicted molar refractivity (Wildman–Crippen MR) is 133 cm³/mol. The summed E-state index contributed by atoms with van der Waals surface area (Å²) in [5.74, 6) is 0.536. The van der Waals surface area contributed by atoms with Crippen LogP contribution in [0.5, 0.6) is 0 Å². The number of aryl methyl sites for hydroxylation is 2. The first-order chi connectivity index (χ1) is 16.9. The van der Waals surface area contributed by atoms with Crippen LogP contribution in [0.15, 0.2) is 47.3 Å². The van der Waals surface area contributed by atoms with Gasteiger partial charge >= 0.3 is 0 Å². The summed E-state index contributed by atoms with van der Waals surface area (Å²) in [6.45, 7) is 7.00. The van der Waals surface area contributed by atoms with Crippen LogP contribution >= 0.6 is 0 Å². The van der Waals surface area contributed by atoms with Crippen molar-refractivity contribution in [2.75, 3.05) is 13.2 Å². The molecule has 0 saturated carbocycles. The average molecular weight is 473 g/mol. The standard InChI is InChI=1S/C25H24N6O4/c1-4-35-13-7-12-29-16(3)26-23-21(25(29)32)22-24(28-19-9-6-5-8-18(19)27-22)30(23)17-11-10-15(2)20(14-17)31(33)34/h5-6,8-11,14H,4,7,12-13H2,1-3H3. The van der Waals surface area contributed by atoms with Crippen LogP contribution in [0, 0.1) is 24.0 Å². The van der Waals surface area contributed by atoms with Crippen molar-refractivity contribution in [2.45, 2.75) is 33.7 Å². The monoisotopic (exact) mass is 472 g/mol. The number of nitro groups is 1. The Balaban J connectivity index is 1.85. The Morgan fingerprint density at radius 3 is 2.49 bits per heavy atom. The summed E-state index contributed by atoms with van der Waals surface area (Å²) >= 11 is 0. The lowest BCUT2D eigenvalue weighted by molar-refractivity contribution is -0.385. The fourth-order valence-electron chi connectivity index (χ4n) is 4.34. The molecule has 10 nitrogen and oxygen atoms in total. The van der Waals surface area contributed by atoms with E-state index in [4.69, 9.17) is 19.7 Å². The number of benzene rings is 2. The van der Waals surface area contributed by atoms with E-state index in [1.165, 1.54) is 6.07 Å². The third-order valence-corrected chi connectivity index (χ3v) is 6.08. The van der Waals surface area contributed by atoms with Crippen molar-refractivity contribution >= 4 is 38.9 Å². The molecular formula is C25H24N6O4. The maximum absolute atomic E-state index is 13.7. The van der Waals surface area contributed by atoms with Gasteiger partial charge in [0.05, 0.1) is 21.6 Å². The Hall–Kier alpha value is -4.18. The molecule has 0 unspecified atom stereocenters. The normalized spacial score (nSPS) is 11.6. The van der Waals surface area contributed by atoms with E-state index >= 15 is 0 Å². The molecule has 0 saturated heterocycles. The highest BCUT2D eigenvalue weighted by atomic mass is 16.6. The SMILES string of the molecule is CCOCCCn1c(C)nc2c(c1=O)c1nc3ccccc3nc1n2-c1ccc(C)c([N+](=O)[O-])c1. The molecule has 0 N–H and O–H groups in total. The van der Waals surface area contributed by atoms with Crippen LogP contribution in [0.25, 0.3) is 38.9 Å². The van der Waals surface area contributed by atoms with Gasteiger partial charge in [-0.2, -0.15) is 0 Å². The number of para-hydroxylation sites is 2. The van der Waals surface area contributed by atoms with E-state index in [0.29, 0.717) is 76.5 Å². The zero-order valence-corrected chi connectivity index (χ0v) is 19.7. The number of rotatable bonds is 7. The molecule has 5 aromatic rings. The summed E-state index contributed by atoms with van der Waals surface area (Å²) in [5.41, 5.74) is 3.30. The molecule has 35 heavy (non-hydrogen) atoms. The van der Waals surface area contributed by atoms with Crippen LogP contribution in [0.3, 0.4) is 0 Å². The molecule has 10 heteroatoms. The van der Waals surface area contributed by atoms with Gasteiger partial charge in [0.25, 0.3) is 11.2 Å². The smallest absolute Gasteiger partial charge is 0.274 e. The van der Waals surface area contributed by atoms with E-state index in [2.05, 4.69) is 0 Å². The Labute approximate surface area is 200 Å². The van der Waals surface area contributed by atoms with E-state index in [1.54, 1.807) is 35.1 Å². The van der Waals surface area contributed by atoms with Crippen LogP contribution < -0.4 is 5.56 Å². The van der Waals surface area contributed by atoms with Gasteiger partial charge in [-0.1, -0.05) is 18.2 Å². The lowest BCUT2D eigenvalue weighted by Crippen LogP contribution is -2.24. The van der Waals surface area contributed by atoms with Crippen molar-refractivity contribution in [2.24, 2.45) is 0 Å². The molecule has 0 spiro atoms. The summed E-state index contributed by atoms with van der Waals surface area (Å²) < 4.78 is 8.74. The van der Waals surface area contributed by atoms with Crippen LogP contribution in [0.2, 0.25) is 0 Å². The first-order valence-electron chi connectivity index (χ1n) is 11.4. The number of hydrogen-bond acceptors (Lipinski definition) is 7. The summed E-state index contributed by atoms with van der Waals surface area (Å²) in [6, 6.07) is 12.3. The number of nitrogens with zero attached hydrogens (tertiary/aromatic N) is 6. The van der Waals surface area contributed by atoms with E-state index in [1.807, 2.05) is 31.2 Å². The summed E-state index contributed by atoms with van der Waals surface area (Å²) in [6.07, 6.45) is 0.666. The van der Waals surface area contributed by atoms with Gasteiger partial charge < -0.3 is 4.74 Å². The highest BCUT2D eigenvalue weighted by Crippen LogP contribution is 2.31. The first kappa shape index (κ1) is 22.6. The van der Waals surface area contributed by atoms with Crippen molar-refractivity contribution in [1.29, 1.82) is 0 Å².